The molecule has 0 aliphatic rings. The van der Waals surface area contributed by atoms with Crippen LogP contribution in [0.1, 0.15) is 13.8 Å². The lowest BCUT2D eigenvalue weighted by Gasteiger charge is -2.20. The molecule has 0 aromatic carbocycles. The van der Waals surface area contributed by atoms with E-state index in [0.717, 1.165) is 23.4 Å². The number of nitrogen functional groups attached to an aromatic ring is 1. The summed E-state index contributed by atoms with van der Waals surface area (Å²) in [5.74, 6) is 1.17. The molecule has 0 saturated carbocycles. The molecule has 0 radical (unpaired) electrons. The van der Waals surface area contributed by atoms with Crippen molar-refractivity contribution < 1.29 is 0 Å². The van der Waals surface area contributed by atoms with Crippen molar-refractivity contribution in [1.82, 2.24) is 9.97 Å². The third kappa shape index (κ3) is 2.30. The highest BCUT2D eigenvalue weighted by Gasteiger charge is 2.08. The topological polar surface area (TPSA) is 55.0 Å². The first kappa shape index (κ1) is 10.2. The van der Waals surface area contributed by atoms with Crippen molar-refractivity contribution >= 4 is 27.7 Å². The molecule has 72 valence electrons. The van der Waals surface area contributed by atoms with Gasteiger partial charge in [-0.1, -0.05) is 0 Å². The third-order valence-electron chi connectivity index (χ3n) is 1.81. The zero-order valence-electron chi connectivity index (χ0n) is 7.79. The molecule has 13 heavy (non-hydrogen) atoms. The second-order valence-corrected chi connectivity index (χ2v) is 3.43. The molecule has 0 aliphatic heterocycles. The Morgan fingerprint density at radius 2 is 2.08 bits per heavy atom. The van der Waals surface area contributed by atoms with Gasteiger partial charge in [0.15, 0.2) is 0 Å². The molecule has 1 heterocycles. The van der Waals surface area contributed by atoms with Gasteiger partial charge in [0.1, 0.15) is 5.82 Å². The SMILES string of the molecule is CCN(CC)c1nc(N)ncc1Br. The molecule has 4 nitrogen and oxygen atoms in total. The molecule has 0 atom stereocenters. The number of nitrogens with zero attached hydrogens (tertiary/aromatic N) is 3. The van der Waals surface area contributed by atoms with E-state index in [1.165, 1.54) is 0 Å². The molecule has 0 fully saturated rings. The molecule has 5 heteroatoms. The smallest absolute Gasteiger partial charge is 0.222 e. The first-order valence-electron chi connectivity index (χ1n) is 4.22. The minimum absolute atomic E-state index is 0.310. The highest BCUT2D eigenvalue weighted by atomic mass is 79.9. The summed E-state index contributed by atoms with van der Waals surface area (Å²) in [6.07, 6.45) is 1.68. The first-order valence-corrected chi connectivity index (χ1v) is 5.01. The Labute approximate surface area is 86.3 Å². The molecule has 2 N–H and O–H groups in total. The second-order valence-electron chi connectivity index (χ2n) is 2.57. The van der Waals surface area contributed by atoms with Gasteiger partial charge in [0.25, 0.3) is 0 Å². The van der Waals surface area contributed by atoms with Gasteiger partial charge in [-0.15, -0.1) is 0 Å². The van der Waals surface area contributed by atoms with Gasteiger partial charge in [-0.05, 0) is 29.8 Å². The van der Waals surface area contributed by atoms with Crippen molar-refractivity contribution in [1.29, 1.82) is 0 Å². The fourth-order valence-electron chi connectivity index (χ4n) is 1.12. The summed E-state index contributed by atoms with van der Waals surface area (Å²) in [7, 11) is 0. The molecule has 1 aromatic rings. The molecular formula is C8H13BrN4. The summed E-state index contributed by atoms with van der Waals surface area (Å²) in [5.41, 5.74) is 5.50. The minimum atomic E-state index is 0.310. The standard InChI is InChI=1S/C8H13BrN4/c1-3-13(4-2)7-6(9)5-11-8(10)12-7/h5H,3-4H2,1-2H3,(H2,10,11,12). The number of nitrogens with two attached hydrogens (primary N) is 1. The fourth-order valence-corrected chi connectivity index (χ4v) is 1.56. The van der Waals surface area contributed by atoms with Gasteiger partial charge in [-0.3, -0.25) is 0 Å². The average molecular weight is 245 g/mol. The summed E-state index contributed by atoms with van der Waals surface area (Å²) in [6, 6.07) is 0. The molecule has 1 aromatic heterocycles. The average Bonchev–Trinajstić information content (AvgIpc) is 2.13. The van der Waals surface area contributed by atoms with E-state index in [4.69, 9.17) is 5.73 Å². The first-order chi connectivity index (χ1) is 6.19. The highest BCUT2D eigenvalue weighted by molar-refractivity contribution is 9.10. The highest BCUT2D eigenvalue weighted by Crippen LogP contribution is 2.22. The zero-order chi connectivity index (χ0) is 9.84. The number of anilines is 2. The van der Waals surface area contributed by atoms with E-state index in [1.807, 2.05) is 0 Å². The Kier molecular flexibility index (Phi) is 3.48. The summed E-state index contributed by atoms with van der Waals surface area (Å²) in [6.45, 7) is 5.97. The van der Waals surface area contributed by atoms with Gasteiger partial charge >= 0.3 is 0 Å². The van der Waals surface area contributed by atoms with Crippen LogP contribution in [-0.4, -0.2) is 23.1 Å². The van der Waals surface area contributed by atoms with Crippen LogP contribution in [0.5, 0.6) is 0 Å². The van der Waals surface area contributed by atoms with E-state index in [9.17, 15) is 0 Å². The number of rotatable bonds is 3. The van der Waals surface area contributed by atoms with Crippen molar-refractivity contribution in [3.8, 4) is 0 Å². The summed E-state index contributed by atoms with van der Waals surface area (Å²) in [4.78, 5) is 10.2. The lowest BCUT2D eigenvalue weighted by Crippen LogP contribution is -2.23. The minimum Gasteiger partial charge on any atom is -0.368 e. The van der Waals surface area contributed by atoms with Gasteiger partial charge < -0.3 is 10.6 Å². The molecular weight excluding hydrogens is 232 g/mol. The van der Waals surface area contributed by atoms with Crippen LogP contribution in [0.15, 0.2) is 10.7 Å². The maximum Gasteiger partial charge on any atom is 0.222 e. The van der Waals surface area contributed by atoms with Gasteiger partial charge in [0, 0.05) is 19.3 Å². The van der Waals surface area contributed by atoms with Crippen LogP contribution in [0.4, 0.5) is 11.8 Å². The third-order valence-corrected chi connectivity index (χ3v) is 2.37. The molecule has 0 amide bonds. The molecule has 0 saturated heterocycles. The number of aromatic nitrogens is 2. The largest absolute Gasteiger partial charge is 0.368 e. The van der Waals surface area contributed by atoms with Crippen LogP contribution in [0.25, 0.3) is 0 Å². The fraction of sp³-hybridized carbons (Fsp3) is 0.500. The quantitative estimate of drug-likeness (QED) is 0.879. The molecule has 0 spiro atoms. The van der Waals surface area contributed by atoms with E-state index in [-0.39, 0.29) is 0 Å². The Bertz CT molecular complexity index is 285. The predicted octanol–water partition coefficient (Wildman–Crippen LogP) is 1.67. The van der Waals surface area contributed by atoms with E-state index in [2.05, 4.69) is 44.6 Å². The van der Waals surface area contributed by atoms with Gasteiger partial charge in [0.05, 0.1) is 4.47 Å². The van der Waals surface area contributed by atoms with Crippen LogP contribution in [0.2, 0.25) is 0 Å². The van der Waals surface area contributed by atoms with Gasteiger partial charge in [0.2, 0.25) is 5.95 Å². The summed E-state index contributed by atoms with van der Waals surface area (Å²) < 4.78 is 0.880. The van der Waals surface area contributed by atoms with Crippen molar-refractivity contribution in [2.24, 2.45) is 0 Å². The lowest BCUT2D eigenvalue weighted by atomic mass is 10.4. The van der Waals surface area contributed by atoms with Gasteiger partial charge in [-0.2, -0.15) is 4.98 Å². The van der Waals surface area contributed by atoms with Crippen LogP contribution in [0, 0.1) is 0 Å². The molecule has 0 aliphatic carbocycles. The Morgan fingerprint density at radius 3 is 2.62 bits per heavy atom. The number of hydrogen-bond donors (Lipinski definition) is 1. The van der Waals surface area contributed by atoms with Gasteiger partial charge in [-0.25, -0.2) is 4.98 Å². The Balaban J connectivity index is 3.03. The number of halogens is 1. The maximum atomic E-state index is 5.50. The Morgan fingerprint density at radius 1 is 1.46 bits per heavy atom. The summed E-state index contributed by atoms with van der Waals surface area (Å²) >= 11 is 3.39. The van der Waals surface area contributed by atoms with E-state index >= 15 is 0 Å². The maximum absolute atomic E-state index is 5.50. The number of hydrogen-bond acceptors (Lipinski definition) is 4. The molecule has 0 unspecified atom stereocenters. The van der Waals surface area contributed by atoms with Crippen LogP contribution in [-0.2, 0) is 0 Å². The van der Waals surface area contributed by atoms with Crippen molar-refractivity contribution in [3.63, 3.8) is 0 Å². The molecule has 1 rings (SSSR count). The van der Waals surface area contributed by atoms with Crippen molar-refractivity contribution in [2.75, 3.05) is 23.7 Å². The lowest BCUT2D eigenvalue weighted by molar-refractivity contribution is 0.840. The van der Waals surface area contributed by atoms with Crippen LogP contribution < -0.4 is 10.6 Å². The van der Waals surface area contributed by atoms with Crippen molar-refractivity contribution in [3.05, 3.63) is 10.7 Å². The van der Waals surface area contributed by atoms with E-state index in [0.29, 0.717) is 5.95 Å². The van der Waals surface area contributed by atoms with E-state index in [1.54, 1.807) is 6.20 Å². The van der Waals surface area contributed by atoms with Crippen molar-refractivity contribution in [2.45, 2.75) is 13.8 Å². The second kappa shape index (κ2) is 4.41. The molecule has 0 bridgehead atoms. The monoisotopic (exact) mass is 244 g/mol. The van der Waals surface area contributed by atoms with Crippen LogP contribution >= 0.6 is 15.9 Å². The Hall–Kier alpha value is -0.840. The predicted molar refractivity (Wildman–Crippen MR) is 57.7 cm³/mol. The summed E-state index contributed by atoms with van der Waals surface area (Å²) in [5, 5.41) is 0. The van der Waals surface area contributed by atoms with Crippen LogP contribution in [0.3, 0.4) is 0 Å². The normalized spacial score (nSPS) is 10.1. The van der Waals surface area contributed by atoms with E-state index < -0.39 is 0 Å². The zero-order valence-corrected chi connectivity index (χ0v) is 9.37.